The molecule has 1 saturated heterocycles. The van der Waals surface area contributed by atoms with E-state index in [-0.39, 0.29) is 33.7 Å². The number of halogens is 1. The molecule has 0 saturated carbocycles. The summed E-state index contributed by atoms with van der Waals surface area (Å²) in [5.41, 5.74) is 0.230. The molecule has 0 radical (unpaired) electrons. The molecule has 11 nitrogen and oxygen atoms in total. The summed E-state index contributed by atoms with van der Waals surface area (Å²) in [5.74, 6) is 0.0418. The van der Waals surface area contributed by atoms with Crippen LogP contribution in [-0.2, 0) is 21.4 Å². The van der Waals surface area contributed by atoms with E-state index in [0.717, 1.165) is 0 Å². The fourth-order valence-corrected chi connectivity index (χ4v) is 4.92. The molecule has 13 heteroatoms. The molecule has 2 aromatic carbocycles. The molecule has 0 atom stereocenters. The second kappa shape index (κ2) is 10.4. The highest BCUT2D eigenvalue weighted by Gasteiger charge is 2.26. The summed E-state index contributed by atoms with van der Waals surface area (Å²) in [4.78, 5) is 22.9. The third-order valence-electron chi connectivity index (χ3n) is 5.10. The van der Waals surface area contributed by atoms with E-state index < -0.39 is 20.9 Å². The number of carbonyl (C=O) groups excluding carboxylic acids is 1. The highest BCUT2D eigenvalue weighted by molar-refractivity contribution is 7.89. The van der Waals surface area contributed by atoms with Gasteiger partial charge in [-0.15, -0.1) is 0 Å². The van der Waals surface area contributed by atoms with Gasteiger partial charge in [0.2, 0.25) is 10.0 Å². The maximum atomic E-state index is 12.7. The number of hydrogen-bond donors (Lipinski definition) is 1. The second-order valence-electron chi connectivity index (χ2n) is 7.42. The Kier molecular flexibility index (Phi) is 7.36. The van der Waals surface area contributed by atoms with E-state index >= 15 is 0 Å². The van der Waals surface area contributed by atoms with Gasteiger partial charge >= 0.3 is 0 Å². The monoisotopic (exact) mass is 521 g/mol. The van der Waals surface area contributed by atoms with E-state index in [9.17, 15) is 23.3 Å². The van der Waals surface area contributed by atoms with Crippen LogP contribution in [0.3, 0.4) is 0 Å². The Hall–Kier alpha value is -3.45. The molecule has 1 aliphatic rings. The highest BCUT2D eigenvalue weighted by atomic mass is 35.5. The van der Waals surface area contributed by atoms with Gasteiger partial charge in [0, 0.05) is 30.9 Å². The van der Waals surface area contributed by atoms with Crippen LogP contribution in [0.15, 0.2) is 63.9 Å². The number of carbonyl (C=O) groups is 1. The van der Waals surface area contributed by atoms with Crippen molar-refractivity contribution in [1.29, 1.82) is 0 Å². The van der Waals surface area contributed by atoms with Crippen LogP contribution in [0.1, 0.15) is 16.3 Å². The fourth-order valence-electron chi connectivity index (χ4n) is 3.29. The Morgan fingerprint density at radius 2 is 1.83 bits per heavy atom. The van der Waals surface area contributed by atoms with Crippen LogP contribution in [0, 0.1) is 10.1 Å². The third-order valence-corrected chi connectivity index (χ3v) is 7.31. The lowest BCUT2D eigenvalue weighted by atomic mass is 10.3. The molecule has 0 unspecified atom stereocenters. The molecule has 0 spiro atoms. The van der Waals surface area contributed by atoms with Gasteiger partial charge in [-0.1, -0.05) is 11.6 Å². The number of morpholine rings is 1. The summed E-state index contributed by atoms with van der Waals surface area (Å²) in [6.45, 7) is 1.23. The van der Waals surface area contributed by atoms with Crippen molar-refractivity contribution in [3.63, 3.8) is 0 Å². The van der Waals surface area contributed by atoms with Crippen molar-refractivity contribution in [2.45, 2.75) is 11.5 Å². The Morgan fingerprint density at radius 3 is 2.49 bits per heavy atom. The zero-order chi connectivity index (χ0) is 25.0. The third kappa shape index (κ3) is 5.80. The van der Waals surface area contributed by atoms with Crippen LogP contribution >= 0.6 is 11.6 Å². The van der Waals surface area contributed by atoms with Crippen molar-refractivity contribution in [3.8, 4) is 5.75 Å². The first-order valence-corrected chi connectivity index (χ1v) is 12.2. The molecular formula is C22H20ClN3O8S. The van der Waals surface area contributed by atoms with E-state index in [4.69, 9.17) is 25.5 Å². The summed E-state index contributed by atoms with van der Waals surface area (Å²) in [5, 5.41) is 13.5. The van der Waals surface area contributed by atoms with Gasteiger partial charge in [-0.25, -0.2) is 8.42 Å². The SMILES string of the molecule is O=C(Nc1ccc(S(=O)(=O)N2CCOCC2)cc1)c1ccc(COc2ccc([N+](=O)[O-])cc2Cl)o1. The van der Waals surface area contributed by atoms with Crippen LogP contribution in [0.5, 0.6) is 5.75 Å². The number of anilines is 1. The number of nitro benzene ring substituents is 1. The quantitative estimate of drug-likeness (QED) is 0.349. The van der Waals surface area contributed by atoms with Crippen LogP contribution in [-0.4, -0.2) is 49.9 Å². The van der Waals surface area contributed by atoms with E-state index in [0.29, 0.717) is 37.8 Å². The first-order chi connectivity index (χ1) is 16.7. The average molecular weight is 522 g/mol. The Balaban J connectivity index is 1.35. The molecule has 35 heavy (non-hydrogen) atoms. The lowest BCUT2D eigenvalue weighted by Crippen LogP contribution is -2.40. The van der Waals surface area contributed by atoms with Crippen molar-refractivity contribution < 1.29 is 32.0 Å². The van der Waals surface area contributed by atoms with Crippen molar-refractivity contribution in [1.82, 2.24) is 4.31 Å². The van der Waals surface area contributed by atoms with E-state index in [2.05, 4.69) is 5.32 Å². The predicted molar refractivity (Wildman–Crippen MR) is 125 cm³/mol. The van der Waals surface area contributed by atoms with Crippen molar-refractivity contribution in [2.24, 2.45) is 0 Å². The topological polar surface area (TPSA) is 141 Å². The van der Waals surface area contributed by atoms with Crippen molar-refractivity contribution >= 4 is 38.9 Å². The number of non-ortho nitro benzene ring substituents is 1. The summed E-state index contributed by atoms with van der Waals surface area (Å²) in [7, 11) is -3.63. The molecule has 1 aliphatic heterocycles. The molecule has 1 fully saturated rings. The fraction of sp³-hybridized carbons (Fsp3) is 0.227. The number of nitrogens with one attached hydrogen (secondary N) is 1. The van der Waals surface area contributed by atoms with Gasteiger partial charge in [0.25, 0.3) is 11.6 Å². The number of sulfonamides is 1. The average Bonchev–Trinajstić information content (AvgIpc) is 3.33. The number of benzene rings is 2. The maximum Gasteiger partial charge on any atom is 0.291 e. The van der Waals surface area contributed by atoms with Gasteiger partial charge in [0.05, 0.1) is 28.1 Å². The minimum Gasteiger partial charge on any atom is -0.484 e. The molecule has 1 N–H and O–H groups in total. The minimum absolute atomic E-state index is 0.0170. The number of nitrogens with zero attached hydrogens (tertiary/aromatic N) is 2. The number of hydrogen-bond acceptors (Lipinski definition) is 8. The number of rotatable bonds is 8. The normalized spacial score (nSPS) is 14.4. The standard InChI is InChI=1S/C22H20ClN3O8S/c23-19-13-16(26(28)29)3-7-20(19)33-14-17-4-8-21(34-17)22(27)24-15-1-5-18(6-2-15)35(30,31)25-9-11-32-12-10-25/h1-8,13H,9-12,14H2,(H,24,27). The predicted octanol–water partition coefficient (Wildman–Crippen LogP) is 3.69. The summed E-state index contributed by atoms with van der Waals surface area (Å²) in [6.07, 6.45) is 0. The van der Waals surface area contributed by atoms with Gasteiger partial charge in [0.1, 0.15) is 18.1 Å². The molecule has 3 aromatic rings. The van der Waals surface area contributed by atoms with E-state index in [1.54, 1.807) is 6.07 Å². The molecule has 0 bridgehead atoms. The number of nitro groups is 1. The zero-order valence-electron chi connectivity index (χ0n) is 18.2. The van der Waals surface area contributed by atoms with Crippen molar-refractivity contribution in [2.75, 3.05) is 31.6 Å². The van der Waals surface area contributed by atoms with Crippen LogP contribution < -0.4 is 10.1 Å². The van der Waals surface area contributed by atoms with Crippen molar-refractivity contribution in [3.05, 3.63) is 81.3 Å². The Labute approximate surface area is 205 Å². The lowest BCUT2D eigenvalue weighted by Gasteiger charge is -2.26. The molecule has 1 amide bonds. The molecular weight excluding hydrogens is 502 g/mol. The first-order valence-electron chi connectivity index (χ1n) is 10.4. The van der Waals surface area contributed by atoms with E-state index in [1.807, 2.05) is 0 Å². The molecule has 184 valence electrons. The van der Waals surface area contributed by atoms with Gasteiger partial charge in [-0.2, -0.15) is 4.31 Å². The van der Waals surface area contributed by atoms with Gasteiger partial charge in [-0.05, 0) is 42.5 Å². The molecule has 0 aliphatic carbocycles. The van der Waals surface area contributed by atoms with Crippen LogP contribution in [0.4, 0.5) is 11.4 Å². The van der Waals surface area contributed by atoms with E-state index in [1.165, 1.54) is 52.8 Å². The molecule has 4 rings (SSSR count). The smallest absolute Gasteiger partial charge is 0.291 e. The Bertz CT molecular complexity index is 1330. The largest absolute Gasteiger partial charge is 0.484 e. The minimum atomic E-state index is -3.63. The molecule has 2 heterocycles. The number of ether oxygens (including phenoxy) is 2. The summed E-state index contributed by atoms with van der Waals surface area (Å²) < 4.78 is 43.0. The summed E-state index contributed by atoms with van der Waals surface area (Å²) in [6, 6.07) is 12.7. The molecule has 1 aromatic heterocycles. The maximum absolute atomic E-state index is 12.7. The first kappa shape index (κ1) is 24.7. The highest BCUT2D eigenvalue weighted by Crippen LogP contribution is 2.29. The second-order valence-corrected chi connectivity index (χ2v) is 9.77. The number of amides is 1. The summed E-state index contributed by atoms with van der Waals surface area (Å²) >= 11 is 6.00. The Morgan fingerprint density at radius 1 is 1.11 bits per heavy atom. The van der Waals surface area contributed by atoms with Crippen LogP contribution in [0.25, 0.3) is 0 Å². The van der Waals surface area contributed by atoms with Gasteiger partial charge in [-0.3, -0.25) is 14.9 Å². The lowest BCUT2D eigenvalue weighted by molar-refractivity contribution is -0.384. The van der Waals surface area contributed by atoms with Crippen LogP contribution in [0.2, 0.25) is 5.02 Å². The number of furan rings is 1. The van der Waals surface area contributed by atoms with Gasteiger partial charge in [0.15, 0.2) is 5.76 Å². The zero-order valence-corrected chi connectivity index (χ0v) is 19.8. The van der Waals surface area contributed by atoms with Gasteiger partial charge < -0.3 is 19.2 Å².